The molecule has 0 unspecified atom stereocenters. The lowest BCUT2D eigenvalue weighted by atomic mass is 10.2. The van der Waals surface area contributed by atoms with Crippen molar-refractivity contribution < 1.29 is 27.9 Å². The third-order valence-electron chi connectivity index (χ3n) is 3.35. The van der Waals surface area contributed by atoms with Crippen molar-refractivity contribution in [1.82, 2.24) is 15.3 Å². The SMILES string of the molecule is O=C(Cc1ccccn1)NCc1csc(-c2ccccc2)n1.O=C(O)C(F)(F)F. The van der Waals surface area contributed by atoms with E-state index in [2.05, 4.69) is 15.3 Å². The molecule has 10 heteroatoms. The molecule has 3 aromatic rings. The first-order chi connectivity index (χ1) is 13.8. The lowest BCUT2D eigenvalue weighted by Gasteiger charge is -2.02. The largest absolute Gasteiger partial charge is 0.490 e. The number of pyridine rings is 1. The molecule has 3 rings (SSSR count). The number of carbonyl (C=O) groups excluding carboxylic acids is 1. The second kappa shape index (κ2) is 10.3. The van der Waals surface area contributed by atoms with Crippen molar-refractivity contribution in [1.29, 1.82) is 0 Å². The normalized spacial score (nSPS) is 10.6. The second-order valence-corrected chi connectivity index (χ2v) is 6.45. The molecule has 0 radical (unpaired) electrons. The zero-order valence-corrected chi connectivity index (χ0v) is 15.7. The van der Waals surface area contributed by atoms with Gasteiger partial charge in [0.1, 0.15) is 5.01 Å². The molecule has 2 N–H and O–H groups in total. The van der Waals surface area contributed by atoms with E-state index in [9.17, 15) is 18.0 Å². The zero-order valence-electron chi connectivity index (χ0n) is 14.9. The number of carboxylic acid groups (broad SMARTS) is 1. The summed E-state index contributed by atoms with van der Waals surface area (Å²) in [6, 6.07) is 15.6. The molecule has 0 aliphatic carbocycles. The van der Waals surface area contributed by atoms with Crippen LogP contribution in [-0.2, 0) is 22.6 Å². The van der Waals surface area contributed by atoms with Gasteiger partial charge in [0, 0.05) is 22.8 Å². The number of amides is 1. The van der Waals surface area contributed by atoms with E-state index in [1.807, 2.05) is 53.9 Å². The van der Waals surface area contributed by atoms with Crippen LogP contribution in [0.2, 0.25) is 0 Å². The molecule has 152 valence electrons. The minimum atomic E-state index is -5.08. The summed E-state index contributed by atoms with van der Waals surface area (Å²) in [5, 5.41) is 12.9. The first kappa shape index (κ1) is 22.0. The summed E-state index contributed by atoms with van der Waals surface area (Å²) in [6.07, 6.45) is -3.11. The number of nitrogens with zero attached hydrogens (tertiary/aromatic N) is 2. The number of rotatable bonds is 5. The summed E-state index contributed by atoms with van der Waals surface area (Å²) in [5.74, 6) is -2.81. The molecule has 0 atom stereocenters. The maximum absolute atomic E-state index is 11.9. The standard InChI is InChI=1S/C17H15N3OS.C2HF3O2/c21-16(10-14-8-4-5-9-18-14)19-11-15-12-22-17(20-15)13-6-2-1-3-7-13;3-2(4,5)1(6)7/h1-9,12H,10-11H2,(H,19,21);(H,6,7). The Labute approximate surface area is 168 Å². The summed E-state index contributed by atoms with van der Waals surface area (Å²) in [7, 11) is 0. The van der Waals surface area contributed by atoms with E-state index in [0.29, 0.717) is 6.54 Å². The van der Waals surface area contributed by atoms with E-state index in [1.54, 1.807) is 17.5 Å². The van der Waals surface area contributed by atoms with Crippen LogP contribution in [0.5, 0.6) is 0 Å². The van der Waals surface area contributed by atoms with E-state index in [1.165, 1.54) is 0 Å². The first-order valence-electron chi connectivity index (χ1n) is 8.22. The summed E-state index contributed by atoms with van der Waals surface area (Å²) in [5.41, 5.74) is 2.74. The predicted octanol–water partition coefficient (Wildman–Crippen LogP) is 3.70. The van der Waals surface area contributed by atoms with Crippen LogP contribution in [0.3, 0.4) is 0 Å². The van der Waals surface area contributed by atoms with Gasteiger partial charge >= 0.3 is 12.1 Å². The van der Waals surface area contributed by atoms with Crippen LogP contribution in [-0.4, -0.2) is 33.1 Å². The second-order valence-electron chi connectivity index (χ2n) is 5.59. The maximum Gasteiger partial charge on any atom is 0.490 e. The van der Waals surface area contributed by atoms with Gasteiger partial charge in [-0.05, 0) is 12.1 Å². The van der Waals surface area contributed by atoms with Crippen LogP contribution in [0.4, 0.5) is 13.2 Å². The van der Waals surface area contributed by atoms with Gasteiger partial charge in [-0.3, -0.25) is 9.78 Å². The molecule has 0 fully saturated rings. The molecule has 0 saturated carbocycles. The zero-order chi connectivity index (χ0) is 21.3. The lowest BCUT2D eigenvalue weighted by molar-refractivity contribution is -0.192. The Morgan fingerprint density at radius 3 is 2.28 bits per heavy atom. The highest BCUT2D eigenvalue weighted by Crippen LogP contribution is 2.23. The van der Waals surface area contributed by atoms with Crippen molar-refractivity contribution in [3.8, 4) is 10.6 Å². The van der Waals surface area contributed by atoms with E-state index < -0.39 is 12.1 Å². The fraction of sp³-hybridized carbons (Fsp3) is 0.158. The number of alkyl halides is 3. The molecule has 0 spiro atoms. The summed E-state index contributed by atoms with van der Waals surface area (Å²) < 4.78 is 31.7. The number of thiazole rings is 1. The quantitative estimate of drug-likeness (QED) is 0.653. The van der Waals surface area contributed by atoms with Gasteiger partial charge in [-0.1, -0.05) is 36.4 Å². The van der Waals surface area contributed by atoms with Crippen LogP contribution in [0, 0.1) is 0 Å². The fourth-order valence-electron chi connectivity index (χ4n) is 2.02. The summed E-state index contributed by atoms with van der Waals surface area (Å²) in [4.78, 5) is 29.5. The Bertz CT molecular complexity index is 932. The van der Waals surface area contributed by atoms with Crippen LogP contribution in [0.15, 0.2) is 60.1 Å². The maximum atomic E-state index is 11.9. The van der Waals surface area contributed by atoms with E-state index in [4.69, 9.17) is 9.90 Å². The Kier molecular flexibility index (Phi) is 7.84. The number of hydrogen-bond acceptors (Lipinski definition) is 5. The third-order valence-corrected chi connectivity index (χ3v) is 4.29. The number of carbonyl (C=O) groups is 2. The Morgan fingerprint density at radius 2 is 1.69 bits per heavy atom. The van der Waals surface area contributed by atoms with Gasteiger partial charge in [0.2, 0.25) is 5.91 Å². The average Bonchev–Trinajstić information content (AvgIpc) is 3.17. The number of hydrogen-bond donors (Lipinski definition) is 2. The van der Waals surface area contributed by atoms with Gasteiger partial charge in [-0.15, -0.1) is 11.3 Å². The Morgan fingerprint density at radius 1 is 1.03 bits per heavy atom. The topological polar surface area (TPSA) is 92.2 Å². The number of benzene rings is 1. The highest BCUT2D eigenvalue weighted by atomic mass is 32.1. The van der Waals surface area contributed by atoms with Gasteiger partial charge in [-0.25, -0.2) is 9.78 Å². The van der Waals surface area contributed by atoms with Crippen LogP contribution < -0.4 is 5.32 Å². The number of nitrogens with one attached hydrogen (secondary N) is 1. The molecule has 6 nitrogen and oxygen atoms in total. The van der Waals surface area contributed by atoms with Crippen molar-refractivity contribution >= 4 is 23.2 Å². The van der Waals surface area contributed by atoms with Crippen molar-refractivity contribution in [3.63, 3.8) is 0 Å². The predicted molar refractivity (Wildman–Crippen MR) is 101 cm³/mol. The Balaban J connectivity index is 0.000000370. The van der Waals surface area contributed by atoms with Crippen LogP contribution in [0.1, 0.15) is 11.4 Å². The fourth-order valence-corrected chi connectivity index (χ4v) is 2.85. The molecular weight excluding hydrogens is 407 g/mol. The average molecular weight is 423 g/mol. The molecule has 0 bridgehead atoms. The molecular formula is C19H16F3N3O3S. The van der Waals surface area contributed by atoms with Crippen molar-refractivity contribution in [3.05, 3.63) is 71.5 Å². The minimum Gasteiger partial charge on any atom is -0.475 e. The van der Waals surface area contributed by atoms with E-state index >= 15 is 0 Å². The van der Waals surface area contributed by atoms with Gasteiger partial charge in [0.05, 0.1) is 18.7 Å². The van der Waals surface area contributed by atoms with Crippen LogP contribution in [0.25, 0.3) is 10.6 Å². The van der Waals surface area contributed by atoms with Gasteiger partial charge in [-0.2, -0.15) is 13.2 Å². The number of aromatic nitrogens is 2. The molecule has 0 saturated heterocycles. The number of aliphatic carboxylic acids is 1. The van der Waals surface area contributed by atoms with Crippen LogP contribution >= 0.6 is 11.3 Å². The third kappa shape index (κ3) is 7.70. The van der Waals surface area contributed by atoms with Gasteiger partial charge in [0.25, 0.3) is 0 Å². The molecule has 29 heavy (non-hydrogen) atoms. The highest BCUT2D eigenvalue weighted by molar-refractivity contribution is 7.13. The van der Waals surface area contributed by atoms with Gasteiger partial charge in [0.15, 0.2) is 0 Å². The summed E-state index contributed by atoms with van der Waals surface area (Å²) >= 11 is 1.58. The van der Waals surface area contributed by atoms with Crippen molar-refractivity contribution in [2.75, 3.05) is 0 Å². The molecule has 0 aliphatic rings. The molecule has 0 aliphatic heterocycles. The monoisotopic (exact) mass is 423 g/mol. The van der Waals surface area contributed by atoms with Gasteiger partial charge < -0.3 is 10.4 Å². The highest BCUT2D eigenvalue weighted by Gasteiger charge is 2.38. The number of halogens is 3. The summed E-state index contributed by atoms with van der Waals surface area (Å²) in [6.45, 7) is 0.439. The Hall–Kier alpha value is -3.27. The van der Waals surface area contributed by atoms with Crippen molar-refractivity contribution in [2.24, 2.45) is 0 Å². The number of carboxylic acids is 1. The van der Waals surface area contributed by atoms with Crippen molar-refractivity contribution in [2.45, 2.75) is 19.1 Å². The van der Waals surface area contributed by atoms with E-state index in [0.717, 1.165) is 22.0 Å². The van der Waals surface area contributed by atoms with E-state index in [-0.39, 0.29) is 12.3 Å². The lowest BCUT2D eigenvalue weighted by Crippen LogP contribution is -2.25. The molecule has 2 aromatic heterocycles. The molecule has 2 heterocycles. The molecule has 1 amide bonds. The smallest absolute Gasteiger partial charge is 0.475 e. The minimum absolute atomic E-state index is 0.0482. The first-order valence-corrected chi connectivity index (χ1v) is 9.10. The molecule has 1 aromatic carbocycles.